The number of fused-ring (bicyclic) bond motifs is 3. The monoisotopic (exact) mass is 3880 g/mol. The van der Waals surface area contributed by atoms with Crippen LogP contribution in [0.5, 0.6) is 0 Å². The fourth-order valence-electron chi connectivity index (χ4n) is 16.7. The van der Waals surface area contributed by atoms with Crippen LogP contribution in [0.15, 0.2) is 495 Å². The first-order chi connectivity index (χ1) is 60.4. The molecule has 0 aromatic heterocycles. The van der Waals surface area contributed by atoms with Crippen LogP contribution in [0.1, 0.15) is 70.2 Å². The molecule has 0 spiro atoms. The van der Waals surface area contributed by atoms with Crippen molar-refractivity contribution in [2.24, 2.45) is 11.8 Å². The van der Waals surface area contributed by atoms with Gasteiger partial charge in [-0.15, -0.1) is 39.5 Å². The van der Waals surface area contributed by atoms with Gasteiger partial charge in [0, 0.05) is 358 Å². The van der Waals surface area contributed by atoms with Gasteiger partial charge in [-0.3, -0.25) is 0 Å². The largest absolute Gasteiger partial charge is 0.412 e. The average Bonchev–Trinajstić information content (AvgIpc) is 0.718. The molecule has 12 N–H and O–H groups in total. The molecule has 6 radical (unpaired) electrons. The van der Waals surface area contributed by atoms with E-state index < -0.39 is 32.3 Å². The first kappa shape index (κ1) is 155. The predicted molar refractivity (Wildman–Crippen MR) is 609 cm³/mol. The molecular weight excluding hydrogens is 3760 g/mol. The zero-order chi connectivity index (χ0) is 89.4. The van der Waals surface area contributed by atoms with Crippen LogP contribution in [0, 0.1) is 290 Å². The van der Waals surface area contributed by atoms with E-state index in [-0.39, 0.29) is 371 Å². The van der Waals surface area contributed by atoms with Crippen molar-refractivity contribution in [3.63, 3.8) is 0 Å². The minimum Gasteiger partial charge on any atom is -0.412 e. The van der Waals surface area contributed by atoms with Gasteiger partial charge >= 0.3 is 0 Å². The normalized spacial score (nSPS) is 10.3. The topological polar surface area (TPSA) is 189 Å². The Hall–Kier alpha value is 0.884. The minimum absolute atomic E-state index is 0. The van der Waals surface area contributed by atoms with Crippen LogP contribution in [-0.2, 0) is 73.1 Å². The molecule has 0 aliphatic heterocycles. The van der Waals surface area contributed by atoms with Gasteiger partial charge in [-0.25, -0.2) is 0 Å². The number of benzene rings is 15. The molecule has 0 heterocycles. The summed E-state index contributed by atoms with van der Waals surface area (Å²) in [6.07, 6.45) is 3.47. The van der Waals surface area contributed by atoms with Crippen molar-refractivity contribution in [2.45, 2.75) is 80.2 Å². The maximum Gasteiger partial charge on any atom is 0.171 e. The molecule has 15 aromatic rings. The summed E-state index contributed by atoms with van der Waals surface area (Å²) in [4.78, 5) is 0. The molecule has 1 aliphatic rings. The average molecular weight is 3890 g/mol. The first-order valence-corrected chi connectivity index (χ1v) is 56.1. The zero-order valence-corrected chi connectivity index (χ0v) is 127. The molecule has 141 heavy (non-hydrogen) atoms. The van der Waals surface area contributed by atoms with Gasteiger partial charge < -0.3 is 32.9 Å². The van der Waals surface area contributed by atoms with Gasteiger partial charge in [0.1, 0.15) is 8.07 Å². The summed E-state index contributed by atoms with van der Waals surface area (Å²) in [5, 5.41) is 12.4. The molecule has 0 unspecified atom stereocenters. The van der Waals surface area contributed by atoms with E-state index in [4.69, 9.17) is 0 Å². The van der Waals surface area contributed by atoms with Crippen molar-refractivity contribution in [1.29, 1.82) is 0 Å². The van der Waals surface area contributed by atoms with Crippen LogP contribution in [0.2, 0.25) is 6.55 Å². The van der Waals surface area contributed by atoms with Crippen molar-refractivity contribution >= 4 is 175 Å². The Bertz CT molecular complexity index is 5690. The van der Waals surface area contributed by atoms with E-state index in [1.54, 1.807) is 0 Å². The van der Waals surface area contributed by atoms with E-state index in [1.165, 1.54) is 129 Å². The van der Waals surface area contributed by atoms with E-state index >= 15 is 0 Å². The van der Waals surface area contributed by atoms with E-state index in [1.807, 2.05) is 24.3 Å². The van der Waals surface area contributed by atoms with Crippen molar-refractivity contribution < 1.29 is 359 Å². The molecule has 0 saturated heterocycles. The molecule has 0 saturated carbocycles. The van der Waals surface area contributed by atoms with Gasteiger partial charge in [-0.1, -0.05) is 510 Å². The van der Waals surface area contributed by atoms with E-state index in [0.29, 0.717) is 11.8 Å². The SMILES string of the molecule is Brc1ccc(-c2ccc(Br)cc2)cc1.Brc1ccc(-c2ccccc2)cc1.C.C=C[Si](C)(C=C)c1ccccc1.C=C[Si](C=C)(c1ccccc1)c1ccccc1.C=C[Si](c1ccccc1)(c1ccccc1)c1ccc2c(c1)C(CC(C)C)(CC(C)C)Cc1cc(Br)ccc1-2.C=C[Si](c1ccccc1)(c1ccccc1)c1ccccc1.Cc1cc(Br)c(C)cc1Br.O.O.O.O.O.O.[Ac].[Ac].[Ac].[Ac].[Ac].[Ac].[Pd].[Pd].[Pd]. The van der Waals surface area contributed by atoms with E-state index in [0.717, 1.165) is 19.8 Å². The van der Waals surface area contributed by atoms with Crippen LogP contribution in [0.3, 0.4) is 0 Å². The maximum absolute atomic E-state index is 4.51. The number of hydrogen-bond acceptors (Lipinski definition) is 0. The zero-order valence-electron chi connectivity index (χ0n) is 80.2. The Balaban J connectivity index is -0.000000306. The van der Waals surface area contributed by atoms with Crippen molar-refractivity contribution in [2.75, 3.05) is 0 Å². The van der Waals surface area contributed by atoms with Gasteiger partial charge in [0.2, 0.25) is 0 Å². The van der Waals surface area contributed by atoms with Gasteiger partial charge in [-0.2, -0.15) is 0 Å². The molecule has 6 nitrogen and oxygen atoms in total. The molecule has 15 aromatic carbocycles. The molecule has 25 heteroatoms. The molecule has 0 amide bonds. The fourth-order valence-corrected chi connectivity index (χ4v) is 31.0. The number of rotatable bonds is 21. The van der Waals surface area contributed by atoms with Crippen LogP contribution in [0.25, 0.3) is 33.4 Å². The predicted octanol–water partition coefficient (Wildman–Crippen LogP) is 24.7. The molecule has 0 bridgehead atoms. The smallest absolute Gasteiger partial charge is 0.171 e. The molecule has 16 rings (SSSR count). The third kappa shape index (κ3) is 43.5. The van der Waals surface area contributed by atoms with Crippen molar-refractivity contribution in [3.8, 4) is 33.4 Å². The summed E-state index contributed by atoms with van der Waals surface area (Å²) < 4.78 is 6.86. The van der Waals surface area contributed by atoms with Crippen LogP contribution in [-0.4, -0.2) is 65.2 Å². The number of aryl methyl sites for hydroxylation is 2. The summed E-state index contributed by atoms with van der Waals surface area (Å²) in [5.74, 6) is 1.23. The summed E-state index contributed by atoms with van der Waals surface area (Å²) in [6, 6.07) is 140. The van der Waals surface area contributed by atoms with Gasteiger partial charge in [0.15, 0.2) is 24.2 Å². The molecule has 734 valence electrons. The van der Waals surface area contributed by atoms with Gasteiger partial charge in [0.05, 0.1) is 0 Å². The maximum atomic E-state index is 4.51. The summed E-state index contributed by atoms with van der Waals surface area (Å²) in [7, 11) is -8.09. The third-order valence-corrected chi connectivity index (χ3v) is 42.7. The van der Waals surface area contributed by atoms with Crippen molar-refractivity contribution in [1.82, 2.24) is 0 Å². The molecule has 0 fully saturated rings. The number of halogens is 6. The second kappa shape index (κ2) is 79.8. The second-order valence-corrected chi connectivity index (χ2v) is 52.9. The first-order valence-electron chi connectivity index (χ1n) is 42.4. The third-order valence-electron chi connectivity index (χ3n) is 23.1. The molecule has 1 aliphatic carbocycles. The molecular formula is C116H128Ac6Br6O6Pd3Si4. The second-order valence-electron chi connectivity index (χ2n) is 32.4. The van der Waals surface area contributed by atoms with Crippen molar-refractivity contribution in [3.05, 3.63) is 517 Å². The molecule has 0 atom stereocenters. The quantitative estimate of drug-likeness (QED) is 0.0489. The summed E-state index contributed by atoms with van der Waals surface area (Å²) >= 11 is 20.9. The van der Waals surface area contributed by atoms with Crippen LogP contribution < -0.4 is 46.7 Å². The van der Waals surface area contributed by atoms with Crippen LogP contribution in [0.4, 0.5) is 0 Å². The Morgan fingerprint density at radius 2 is 0.518 bits per heavy atom. The number of hydrogen-bond donors (Lipinski definition) is 0. The Kier molecular flexibility index (Phi) is 87.6. The Morgan fingerprint density at radius 1 is 0.277 bits per heavy atom. The standard InChI is InChI=1S/C36H39BrSi.C20H18Si.C16H16Si.C12H8Br2.C12H9Br.C11H14Si.C8H8Br2.CH4.6Ac.6H2O.3Pd/c1-6-38(30-13-9-7-10-14-30,31-15-11-8-12-16-31)32-18-20-34-33-19-17-29(37)21-28(33)25-36(23-26(2)3,24-27(4)5)35(34)22-32;1-2-21(18-12-6-3-7-13-18,19-14-8-4-9-15-19)20-16-10-5-11-17-20;1-3-17(4-2,15-11-7-5-8-12-15)16-13-9-6-10-14-16;13-11-5-1-9(2-6-11)10-3-7-12(14)8-4-10;13-12-8-6-11(7-9-12)10-4-2-1-3-5-10;1-4-12(3,5-2)11-9-7-6-8-10-11;1-5-3-8(10)6(2)4-7(5)9;;;;;;;;;;;;;;;;/h6-22,26-27H,1,23-25H2,2-5H3;2-17H,1H2;3-14H,1-2H2;1-8H;1-9H;4-10H,1-2H2,3H3;3-4H,1-2H3;1H4;;;;;;;6*1H2;;;. The van der Waals surface area contributed by atoms with E-state index in [9.17, 15) is 0 Å². The fraction of sp³-hybridized carbons (Fsp3) is 0.121. The van der Waals surface area contributed by atoms with Gasteiger partial charge in [-0.05, 0) is 203 Å². The Labute approximate surface area is 1150 Å². The Morgan fingerprint density at radius 3 is 0.780 bits per heavy atom. The minimum atomic E-state index is -2.44. The van der Waals surface area contributed by atoms with Crippen LogP contribution >= 0.6 is 95.6 Å². The summed E-state index contributed by atoms with van der Waals surface area (Å²) in [5.41, 5.74) is 26.2. The summed E-state index contributed by atoms with van der Waals surface area (Å²) in [6.45, 7) is 40.5. The van der Waals surface area contributed by atoms with Gasteiger partial charge in [0.25, 0.3) is 0 Å². The van der Waals surface area contributed by atoms with E-state index in [2.05, 4.69) is 587 Å².